The van der Waals surface area contributed by atoms with Crippen molar-refractivity contribution in [3.63, 3.8) is 0 Å². The van der Waals surface area contributed by atoms with Crippen LogP contribution in [-0.4, -0.2) is 61.4 Å². The second-order valence-corrected chi connectivity index (χ2v) is 7.81. The molecule has 0 aliphatic carbocycles. The molecule has 2 heterocycles. The topological polar surface area (TPSA) is 53.1 Å². The van der Waals surface area contributed by atoms with Gasteiger partial charge < -0.3 is 14.5 Å². The van der Waals surface area contributed by atoms with Crippen molar-refractivity contribution in [1.82, 2.24) is 9.80 Å². The fraction of sp³-hybridized carbons (Fsp3) is 0.333. The number of anilines is 1. The molecule has 2 aromatic rings. The first kappa shape index (κ1) is 21.1. The van der Waals surface area contributed by atoms with Crippen LogP contribution in [0.4, 0.5) is 10.1 Å². The highest BCUT2D eigenvalue weighted by molar-refractivity contribution is 6.45. The lowest BCUT2D eigenvalue weighted by molar-refractivity contribution is -0.120. The maximum Gasteiger partial charge on any atom is 0.282 e. The standard InChI is InChI=1S/C24H26FN3O3/c1-3-15-31-20-9-7-17(8-10-20)21-22(27-13-11-26(2)12-14-27)24(30)28(23(21)29)19-6-4-5-18(25)16-19/h4-10,16H,3,11-15H2,1-2H3. The quantitative estimate of drug-likeness (QED) is 0.669. The number of rotatable bonds is 6. The van der Waals surface area contributed by atoms with Crippen LogP contribution in [0.2, 0.25) is 0 Å². The number of nitrogens with zero attached hydrogens (tertiary/aromatic N) is 3. The largest absolute Gasteiger partial charge is 0.494 e. The van der Waals surface area contributed by atoms with Gasteiger partial charge in [0.05, 0.1) is 17.9 Å². The summed E-state index contributed by atoms with van der Waals surface area (Å²) in [4.78, 5) is 32.1. The van der Waals surface area contributed by atoms with Crippen molar-refractivity contribution < 1.29 is 18.7 Å². The van der Waals surface area contributed by atoms with Crippen molar-refractivity contribution in [3.8, 4) is 5.75 Å². The SMILES string of the molecule is CCCOc1ccc(C2=C(N3CCN(C)CC3)C(=O)N(c3cccc(F)c3)C2=O)cc1. The summed E-state index contributed by atoms with van der Waals surface area (Å²) in [5, 5.41) is 0. The molecule has 2 aliphatic rings. The third-order valence-electron chi connectivity index (χ3n) is 5.56. The monoisotopic (exact) mass is 423 g/mol. The molecular weight excluding hydrogens is 397 g/mol. The van der Waals surface area contributed by atoms with Crippen molar-refractivity contribution in [3.05, 3.63) is 65.6 Å². The Bertz CT molecular complexity index is 1010. The first-order chi connectivity index (χ1) is 15.0. The fourth-order valence-corrected chi connectivity index (χ4v) is 3.89. The number of amides is 2. The van der Waals surface area contributed by atoms with E-state index in [2.05, 4.69) is 4.90 Å². The minimum absolute atomic E-state index is 0.236. The van der Waals surface area contributed by atoms with Gasteiger partial charge in [-0.2, -0.15) is 0 Å². The van der Waals surface area contributed by atoms with E-state index in [-0.39, 0.29) is 5.69 Å². The first-order valence-electron chi connectivity index (χ1n) is 10.5. The molecule has 6 nitrogen and oxygen atoms in total. The van der Waals surface area contributed by atoms with E-state index in [1.165, 1.54) is 18.2 Å². The van der Waals surface area contributed by atoms with Crippen LogP contribution in [0.25, 0.3) is 5.57 Å². The number of ether oxygens (including phenoxy) is 1. The molecule has 0 spiro atoms. The van der Waals surface area contributed by atoms with Crippen LogP contribution in [-0.2, 0) is 9.59 Å². The van der Waals surface area contributed by atoms with Gasteiger partial charge in [-0.05, 0) is 49.4 Å². The smallest absolute Gasteiger partial charge is 0.282 e. The number of imide groups is 1. The zero-order chi connectivity index (χ0) is 22.0. The van der Waals surface area contributed by atoms with E-state index in [9.17, 15) is 14.0 Å². The lowest BCUT2D eigenvalue weighted by Crippen LogP contribution is -2.46. The van der Waals surface area contributed by atoms with Crippen molar-refractivity contribution in [2.75, 3.05) is 44.7 Å². The second kappa shape index (κ2) is 8.89. The summed E-state index contributed by atoms with van der Waals surface area (Å²) in [5.41, 5.74) is 1.61. The Morgan fingerprint density at radius 1 is 0.968 bits per heavy atom. The maximum absolute atomic E-state index is 13.8. The number of hydrogen-bond acceptors (Lipinski definition) is 5. The Morgan fingerprint density at radius 3 is 2.32 bits per heavy atom. The van der Waals surface area contributed by atoms with Crippen LogP contribution in [0.3, 0.4) is 0 Å². The molecule has 0 aromatic heterocycles. The molecule has 0 N–H and O–H groups in total. The van der Waals surface area contributed by atoms with Crippen LogP contribution >= 0.6 is 0 Å². The summed E-state index contributed by atoms with van der Waals surface area (Å²) in [6, 6.07) is 12.8. The molecule has 2 aromatic carbocycles. The van der Waals surface area contributed by atoms with Crippen molar-refractivity contribution in [1.29, 1.82) is 0 Å². The van der Waals surface area contributed by atoms with Gasteiger partial charge in [-0.1, -0.05) is 25.1 Å². The van der Waals surface area contributed by atoms with Crippen LogP contribution in [0.1, 0.15) is 18.9 Å². The lowest BCUT2D eigenvalue weighted by Gasteiger charge is -2.34. The number of carbonyl (C=O) groups is 2. The Hall–Kier alpha value is -3.19. The maximum atomic E-state index is 13.8. The van der Waals surface area contributed by atoms with Gasteiger partial charge in [0, 0.05) is 26.2 Å². The molecule has 2 amide bonds. The van der Waals surface area contributed by atoms with Gasteiger partial charge in [-0.15, -0.1) is 0 Å². The molecule has 0 radical (unpaired) electrons. The zero-order valence-electron chi connectivity index (χ0n) is 17.8. The molecule has 4 rings (SSSR count). The summed E-state index contributed by atoms with van der Waals surface area (Å²) in [6.07, 6.45) is 0.899. The fourth-order valence-electron chi connectivity index (χ4n) is 3.89. The number of piperazine rings is 1. The Labute approximate surface area is 181 Å². The highest BCUT2D eigenvalue weighted by Crippen LogP contribution is 2.35. The lowest BCUT2D eigenvalue weighted by atomic mass is 10.0. The van der Waals surface area contributed by atoms with Gasteiger partial charge >= 0.3 is 0 Å². The Morgan fingerprint density at radius 2 is 1.68 bits per heavy atom. The van der Waals surface area contributed by atoms with Gasteiger partial charge in [-0.25, -0.2) is 9.29 Å². The van der Waals surface area contributed by atoms with Crippen LogP contribution in [0, 0.1) is 5.82 Å². The number of hydrogen-bond donors (Lipinski definition) is 0. The van der Waals surface area contributed by atoms with Crippen molar-refractivity contribution >= 4 is 23.1 Å². The van der Waals surface area contributed by atoms with E-state index in [0.29, 0.717) is 42.3 Å². The highest BCUT2D eigenvalue weighted by Gasteiger charge is 2.43. The van der Waals surface area contributed by atoms with E-state index in [1.807, 2.05) is 31.0 Å². The Balaban J connectivity index is 1.74. The average Bonchev–Trinajstić information content (AvgIpc) is 3.03. The zero-order valence-corrected chi connectivity index (χ0v) is 17.8. The molecular formula is C24H26FN3O3. The van der Waals surface area contributed by atoms with E-state index in [1.54, 1.807) is 18.2 Å². The van der Waals surface area contributed by atoms with Crippen molar-refractivity contribution in [2.45, 2.75) is 13.3 Å². The minimum Gasteiger partial charge on any atom is -0.494 e. The minimum atomic E-state index is -0.495. The van der Waals surface area contributed by atoms with Crippen LogP contribution < -0.4 is 9.64 Å². The predicted octanol–water partition coefficient (Wildman–Crippen LogP) is 3.15. The summed E-state index contributed by atoms with van der Waals surface area (Å²) in [5.74, 6) is -0.635. The number of carbonyl (C=O) groups excluding carboxylic acids is 2. The third kappa shape index (κ3) is 4.18. The van der Waals surface area contributed by atoms with Crippen LogP contribution in [0.5, 0.6) is 5.75 Å². The van der Waals surface area contributed by atoms with Gasteiger partial charge in [0.15, 0.2) is 0 Å². The van der Waals surface area contributed by atoms with E-state index in [0.717, 1.165) is 24.4 Å². The number of likely N-dealkylation sites (N-methyl/N-ethyl adjacent to an activating group) is 1. The second-order valence-electron chi connectivity index (χ2n) is 7.81. The molecule has 2 aliphatic heterocycles. The molecule has 0 saturated carbocycles. The molecule has 0 unspecified atom stereocenters. The van der Waals surface area contributed by atoms with Gasteiger partial charge in [-0.3, -0.25) is 9.59 Å². The summed E-state index contributed by atoms with van der Waals surface area (Å²) >= 11 is 0. The number of halogens is 1. The van der Waals surface area contributed by atoms with E-state index in [4.69, 9.17) is 4.74 Å². The number of benzene rings is 2. The summed E-state index contributed by atoms with van der Waals surface area (Å²) in [7, 11) is 2.03. The van der Waals surface area contributed by atoms with Gasteiger partial charge in [0.25, 0.3) is 11.8 Å². The molecule has 7 heteroatoms. The predicted molar refractivity (Wildman–Crippen MR) is 117 cm³/mol. The highest BCUT2D eigenvalue weighted by atomic mass is 19.1. The molecule has 1 saturated heterocycles. The third-order valence-corrected chi connectivity index (χ3v) is 5.56. The summed E-state index contributed by atoms with van der Waals surface area (Å²) < 4.78 is 19.5. The first-order valence-corrected chi connectivity index (χ1v) is 10.5. The van der Waals surface area contributed by atoms with Crippen LogP contribution in [0.15, 0.2) is 54.2 Å². The average molecular weight is 423 g/mol. The van der Waals surface area contributed by atoms with Crippen molar-refractivity contribution in [2.24, 2.45) is 0 Å². The van der Waals surface area contributed by atoms with Gasteiger partial charge in [0.1, 0.15) is 17.3 Å². The van der Waals surface area contributed by atoms with Gasteiger partial charge in [0.2, 0.25) is 0 Å². The molecule has 1 fully saturated rings. The normalized spacial score (nSPS) is 17.6. The Kier molecular flexibility index (Phi) is 6.04. The molecule has 31 heavy (non-hydrogen) atoms. The van der Waals surface area contributed by atoms with E-state index < -0.39 is 17.6 Å². The molecule has 0 bridgehead atoms. The summed E-state index contributed by atoms with van der Waals surface area (Å²) in [6.45, 7) is 5.51. The molecule has 0 atom stereocenters. The molecule has 162 valence electrons. The van der Waals surface area contributed by atoms with E-state index >= 15 is 0 Å².